The van der Waals surface area contributed by atoms with E-state index in [1.807, 2.05) is 30.6 Å². The fraction of sp³-hybridized carbons (Fsp3) is 0.149. The maximum Gasteiger partial charge on any atom is 0.121 e. The Hall–Kier alpha value is -4.93. The molecule has 8 rings (SSSR count). The molecule has 0 aliphatic heterocycles. The van der Waals surface area contributed by atoms with Gasteiger partial charge in [0.05, 0.1) is 13.7 Å². The average molecular weight is 871 g/mol. The molecule has 0 N–H and O–H groups in total. The van der Waals surface area contributed by atoms with Gasteiger partial charge in [-0.1, -0.05) is 131 Å². The van der Waals surface area contributed by atoms with Crippen LogP contribution in [0.1, 0.15) is 30.5 Å². The number of hydrogen-bond acceptors (Lipinski definition) is 3. The molecule has 0 spiro atoms. The molecule has 0 bridgehead atoms. The number of fused-ring (bicyclic) bond motifs is 3. The summed E-state index contributed by atoms with van der Waals surface area (Å²) in [5.74, 6) is 0. The van der Waals surface area contributed by atoms with Gasteiger partial charge in [-0.25, -0.2) is 0 Å². The Bertz CT molecular complexity index is 2410. The largest absolute Gasteiger partial charge is 0.500 e. The van der Waals surface area contributed by atoms with Gasteiger partial charge >= 0.3 is 0 Å². The summed E-state index contributed by atoms with van der Waals surface area (Å²) >= 11 is 0. The number of pyridine rings is 2. The van der Waals surface area contributed by atoms with E-state index in [2.05, 4.69) is 173 Å². The molecule has 0 fully saturated rings. The van der Waals surface area contributed by atoms with E-state index in [9.17, 15) is 0 Å². The van der Waals surface area contributed by atoms with E-state index in [4.69, 9.17) is 9.40 Å². The minimum atomic E-state index is -1.24. The van der Waals surface area contributed by atoms with Crippen LogP contribution in [0.25, 0.3) is 55.6 Å². The zero-order valence-corrected chi connectivity index (χ0v) is 33.9. The molecule has 0 aliphatic rings. The van der Waals surface area contributed by atoms with Crippen molar-refractivity contribution in [3.8, 4) is 33.6 Å². The number of nitrogens with zero attached hydrogens (tertiary/aromatic N) is 2. The molecule has 0 unspecified atom stereocenters. The third-order valence-electron chi connectivity index (χ3n) is 9.64. The summed E-state index contributed by atoms with van der Waals surface area (Å²) < 4.78 is 6.12. The van der Waals surface area contributed by atoms with Gasteiger partial charge in [0.2, 0.25) is 0 Å². The van der Waals surface area contributed by atoms with Crippen LogP contribution in [0.15, 0.2) is 150 Å². The van der Waals surface area contributed by atoms with E-state index in [1.54, 1.807) is 0 Å². The minimum Gasteiger partial charge on any atom is -0.500 e. The minimum absolute atomic E-state index is 0. The van der Waals surface area contributed by atoms with Crippen molar-refractivity contribution < 1.29 is 24.5 Å². The van der Waals surface area contributed by atoms with Gasteiger partial charge in [0, 0.05) is 43.3 Å². The van der Waals surface area contributed by atoms with Gasteiger partial charge in [-0.15, -0.1) is 59.2 Å². The van der Waals surface area contributed by atoms with Crippen LogP contribution in [0.5, 0.6) is 0 Å². The van der Waals surface area contributed by atoms with E-state index >= 15 is 0 Å². The number of rotatable bonds is 6. The molecule has 3 heterocycles. The van der Waals surface area contributed by atoms with Crippen LogP contribution in [0.3, 0.4) is 0 Å². The van der Waals surface area contributed by atoms with Gasteiger partial charge in [0.25, 0.3) is 0 Å². The number of benzene rings is 5. The zero-order chi connectivity index (χ0) is 35.6. The molecular formula is C47H42IrN2OSi-2. The van der Waals surface area contributed by atoms with Crippen molar-refractivity contribution in [3.63, 3.8) is 0 Å². The fourth-order valence-corrected chi connectivity index (χ4v) is 7.36. The van der Waals surface area contributed by atoms with Crippen LogP contribution in [0.4, 0.5) is 0 Å². The van der Waals surface area contributed by atoms with Crippen LogP contribution in [0, 0.1) is 19.1 Å². The van der Waals surface area contributed by atoms with Crippen LogP contribution >= 0.6 is 0 Å². The van der Waals surface area contributed by atoms with Crippen molar-refractivity contribution in [3.05, 3.63) is 175 Å². The summed E-state index contributed by atoms with van der Waals surface area (Å²) in [6.07, 6.45) is 3.92. The first-order valence-electron chi connectivity index (χ1n) is 17.5. The second-order valence-corrected chi connectivity index (χ2v) is 19.8. The van der Waals surface area contributed by atoms with Crippen molar-refractivity contribution >= 4 is 35.2 Å². The Balaban J connectivity index is 0.000000218. The Kier molecular flexibility index (Phi) is 10.9. The third-order valence-corrected chi connectivity index (χ3v) is 11.7. The summed E-state index contributed by atoms with van der Waals surface area (Å²) in [5.41, 5.74) is 11.6. The van der Waals surface area contributed by atoms with Crippen LogP contribution in [-0.2, 0) is 25.5 Å². The Morgan fingerprint density at radius 1 is 0.596 bits per heavy atom. The number of aryl methyl sites for hydroxylation is 1. The van der Waals surface area contributed by atoms with Gasteiger partial charge in [0.15, 0.2) is 0 Å². The first-order chi connectivity index (χ1) is 24.6. The molecule has 0 atom stereocenters. The van der Waals surface area contributed by atoms with Gasteiger partial charge in [-0.05, 0) is 57.0 Å². The van der Waals surface area contributed by atoms with Gasteiger partial charge in [0.1, 0.15) is 5.58 Å². The smallest absolute Gasteiger partial charge is 0.121 e. The van der Waals surface area contributed by atoms with Gasteiger partial charge < -0.3 is 14.4 Å². The Morgan fingerprint density at radius 2 is 1.31 bits per heavy atom. The second kappa shape index (κ2) is 15.4. The molecule has 3 nitrogen and oxygen atoms in total. The predicted octanol–water partition coefficient (Wildman–Crippen LogP) is 11.8. The average Bonchev–Trinajstić information content (AvgIpc) is 3.53. The molecule has 0 saturated heterocycles. The monoisotopic (exact) mass is 871 g/mol. The van der Waals surface area contributed by atoms with Gasteiger partial charge in [-0.3, -0.25) is 0 Å². The fourth-order valence-electron chi connectivity index (χ4n) is 6.33. The number of hydrogen-bond donors (Lipinski definition) is 0. The topological polar surface area (TPSA) is 38.9 Å². The molecule has 8 aromatic rings. The van der Waals surface area contributed by atoms with Crippen molar-refractivity contribution in [2.24, 2.45) is 0 Å². The van der Waals surface area contributed by atoms with Crippen LogP contribution in [-0.4, -0.2) is 18.0 Å². The van der Waals surface area contributed by atoms with Crippen molar-refractivity contribution in [1.82, 2.24) is 9.97 Å². The Labute approximate surface area is 322 Å². The molecule has 261 valence electrons. The van der Waals surface area contributed by atoms with Crippen molar-refractivity contribution in [2.75, 3.05) is 0 Å². The third kappa shape index (κ3) is 7.93. The van der Waals surface area contributed by atoms with E-state index in [0.29, 0.717) is 0 Å². The molecule has 5 aromatic carbocycles. The molecular weight excluding hydrogens is 829 g/mol. The van der Waals surface area contributed by atoms with Crippen molar-refractivity contribution in [2.45, 2.75) is 45.8 Å². The van der Waals surface area contributed by atoms with E-state index in [0.717, 1.165) is 44.5 Å². The standard InChI is InChI=1S/C32H24NO.C15H18NSi.Ir/c1-32(2,25-11-7-4-8-12-25)26-17-18-33-29(21-26)24-14-16-31-28(20-24)27-19-23(13-15-30(27)34-31)22-9-5-3-6-10-22;1-12-5-7-13(8-6-12)15-10-9-14(11-16-15)17(2,3)4;/h3-13,15-21H,1-2H3;5-7,9-11H,1-4H3;/q2*-1;. The van der Waals surface area contributed by atoms with Crippen LogP contribution in [0.2, 0.25) is 19.6 Å². The van der Waals surface area contributed by atoms with E-state index in [-0.39, 0.29) is 25.5 Å². The Morgan fingerprint density at radius 3 is 1.98 bits per heavy atom. The number of furan rings is 1. The molecule has 3 aromatic heterocycles. The SMILES string of the molecule is CC(C)(c1ccccc1)c1ccnc(-c2[c-]cc3oc4ccc(-c5ccccc5)cc4c3c2)c1.Cc1c[c-]c(-c2ccc([Si](C)(C)C)cn2)cc1.[Ir]. The zero-order valence-electron chi connectivity index (χ0n) is 30.5. The number of aromatic nitrogens is 2. The maximum absolute atomic E-state index is 6.12. The summed E-state index contributed by atoms with van der Waals surface area (Å²) in [5, 5.41) is 3.58. The van der Waals surface area contributed by atoms with Crippen LogP contribution < -0.4 is 5.19 Å². The molecule has 1 radical (unpaired) electrons. The molecule has 0 amide bonds. The molecule has 52 heavy (non-hydrogen) atoms. The maximum atomic E-state index is 6.12. The molecule has 5 heteroatoms. The van der Waals surface area contributed by atoms with E-state index in [1.165, 1.54) is 33.0 Å². The van der Waals surface area contributed by atoms with E-state index < -0.39 is 8.07 Å². The molecule has 0 saturated carbocycles. The second-order valence-electron chi connectivity index (χ2n) is 14.7. The summed E-state index contributed by atoms with van der Waals surface area (Å²) in [6.45, 7) is 13.6. The first-order valence-corrected chi connectivity index (χ1v) is 21.0. The normalized spacial score (nSPS) is 11.5. The van der Waals surface area contributed by atoms with Gasteiger partial charge in [-0.2, -0.15) is 0 Å². The summed E-state index contributed by atoms with van der Waals surface area (Å²) in [4.78, 5) is 9.24. The summed E-state index contributed by atoms with van der Waals surface area (Å²) in [7, 11) is -1.24. The summed E-state index contributed by atoms with van der Waals surface area (Å²) in [6, 6.07) is 52.9. The quantitative estimate of drug-likeness (QED) is 0.123. The molecule has 0 aliphatic carbocycles. The van der Waals surface area contributed by atoms with Crippen molar-refractivity contribution in [1.29, 1.82) is 0 Å². The first kappa shape index (κ1) is 36.8. The predicted molar refractivity (Wildman–Crippen MR) is 216 cm³/mol.